The van der Waals surface area contributed by atoms with Crippen LogP contribution in [0.1, 0.15) is 25.0 Å². The maximum Gasteiger partial charge on any atom is 0.0159 e. The molecule has 0 heteroatoms. The molecule has 49 heavy (non-hydrogen) atoms. The number of rotatable bonds is 2. The third-order valence-corrected chi connectivity index (χ3v) is 11.6. The number of fused-ring (bicyclic) bond motifs is 9. The molecule has 1 aliphatic rings. The van der Waals surface area contributed by atoms with Crippen LogP contribution in [0.3, 0.4) is 0 Å². The average Bonchev–Trinajstić information content (AvgIpc) is 3.38. The Kier molecular flexibility index (Phi) is 5.27. The molecule has 0 amide bonds. The predicted octanol–water partition coefficient (Wildman–Crippen LogP) is 13.7. The highest BCUT2D eigenvalue weighted by Crippen LogP contribution is 2.52. The molecule has 0 heterocycles. The average molecular weight is 621 g/mol. The molecule has 0 spiro atoms. The van der Waals surface area contributed by atoms with Gasteiger partial charge in [0.1, 0.15) is 0 Å². The first-order valence-electron chi connectivity index (χ1n) is 17.3. The molecule has 0 aliphatic heterocycles. The van der Waals surface area contributed by atoms with Gasteiger partial charge in [0.2, 0.25) is 0 Å². The van der Waals surface area contributed by atoms with Crippen molar-refractivity contribution in [1.82, 2.24) is 0 Å². The van der Waals surface area contributed by atoms with Crippen LogP contribution in [0.4, 0.5) is 0 Å². The second-order valence-corrected chi connectivity index (χ2v) is 14.5. The van der Waals surface area contributed by atoms with Crippen molar-refractivity contribution in [3.05, 3.63) is 169 Å². The van der Waals surface area contributed by atoms with Gasteiger partial charge in [-0.05, 0) is 127 Å². The molecule has 1 aliphatic carbocycles. The van der Waals surface area contributed by atoms with E-state index in [0.29, 0.717) is 0 Å². The van der Waals surface area contributed by atoms with E-state index in [1.54, 1.807) is 0 Å². The Balaban J connectivity index is 1.05. The van der Waals surface area contributed by atoms with E-state index in [-0.39, 0.29) is 5.41 Å². The lowest BCUT2D eigenvalue weighted by atomic mass is 9.81. The monoisotopic (exact) mass is 620 g/mol. The van der Waals surface area contributed by atoms with Crippen molar-refractivity contribution in [2.24, 2.45) is 0 Å². The van der Waals surface area contributed by atoms with Crippen LogP contribution in [0, 0.1) is 0 Å². The van der Waals surface area contributed by atoms with Gasteiger partial charge in [0.15, 0.2) is 0 Å². The van der Waals surface area contributed by atoms with Gasteiger partial charge in [-0.1, -0.05) is 153 Å². The van der Waals surface area contributed by atoms with E-state index in [0.717, 1.165) is 0 Å². The van der Waals surface area contributed by atoms with Crippen LogP contribution in [0.25, 0.3) is 98.0 Å². The van der Waals surface area contributed by atoms with Crippen molar-refractivity contribution in [1.29, 1.82) is 0 Å². The zero-order chi connectivity index (χ0) is 32.4. The van der Waals surface area contributed by atoms with E-state index < -0.39 is 0 Å². The highest BCUT2D eigenvalue weighted by atomic mass is 14.4. The molecular formula is C49H32. The Morgan fingerprint density at radius 2 is 0.837 bits per heavy atom. The zero-order valence-electron chi connectivity index (χ0n) is 27.5. The van der Waals surface area contributed by atoms with Gasteiger partial charge < -0.3 is 0 Å². The molecule has 10 aromatic carbocycles. The third kappa shape index (κ3) is 3.64. The summed E-state index contributed by atoms with van der Waals surface area (Å²) in [5.74, 6) is 0. The Labute approximate surface area is 285 Å². The number of hydrogen-bond acceptors (Lipinski definition) is 0. The smallest absolute Gasteiger partial charge is 0.0159 e. The second kappa shape index (κ2) is 9.56. The lowest BCUT2D eigenvalue weighted by Crippen LogP contribution is -2.14. The second-order valence-electron chi connectivity index (χ2n) is 14.5. The van der Waals surface area contributed by atoms with E-state index in [4.69, 9.17) is 0 Å². The molecule has 0 radical (unpaired) electrons. The Bertz CT molecular complexity index is 2980. The first-order valence-corrected chi connectivity index (χ1v) is 17.3. The maximum atomic E-state index is 2.49. The first kappa shape index (κ1) is 27.0. The SMILES string of the molecule is CC1(C)c2ccc(-c3ccc(-c4ccc5ccc6cccc7ccc4c5c67)cc3)cc2-c2cc3c4ccccc4c4ccccc4c3cc21. The van der Waals surface area contributed by atoms with E-state index in [2.05, 4.69) is 172 Å². The summed E-state index contributed by atoms with van der Waals surface area (Å²) in [5.41, 5.74) is 10.5. The van der Waals surface area contributed by atoms with Gasteiger partial charge in [0.25, 0.3) is 0 Å². The third-order valence-electron chi connectivity index (χ3n) is 11.6. The molecule has 0 atom stereocenters. The topological polar surface area (TPSA) is 0 Å². The summed E-state index contributed by atoms with van der Waals surface area (Å²) in [6.07, 6.45) is 0. The minimum Gasteiger partial charge on any atom is -0.0616 e. The van der Waals surface area contributed by atoms with Crippen LogP contribution in [-0.2, 0) is 5.41 Å². The van der Waals surface area contributed by atoms with Crippen LogP contribution in [0.15, 0.2) is 158 Å². The summed E-state index contributed by atoms with van der Waals surface area (Å²) in [6.45, 7) is 4.77. The van der Waals surface area contributed by atoms with E-state index in [1.807, 2.05) is 0 Å². The maximum absolute atomic E-state index is 2.49. The van der Waals surface area contributed by atoms with Crippen LogP contribution in [0.5, 0.6) is 0 Å². The molecule has 0 saturated heterocycles. The molecule has 0 bridgehead atoms. The summed E-state index contributed by atoms with van der Waals surface area (Å²) < 4.78 is 0. The lowest BCUT2D eigenvalue weighted by molar-refractivity contribution is 0.661. The fraction of sp³-hybridized carbons (Fsp3) is 0.0612. The quantitative estimate of drug-likeness (QED) is 0.169. The number of hydrogen-bond donors (Lipinski definition) is 0. The Morgan fingerprint density at radius 3 is 1.53 bits per heavy atom. The van der Waals surface area contributed by atoms with Crippen molar-refractivity contribution in [2.75, 3.05) is 0 Å². The van der Waals surface area contributed by atoms with Gasteiger partial charge in [-0.2, -0.15) is 0 Å². The van der Waals surface area contributed by atoms with E-state index in [1.165, 1.54) is 109 Å². The van der Waals surface area contributed by atoms with Gasteiger partial charge in [-0.3, -0.25) is 0 Å². The van der Waals surface area contributed by atoms with E-state index >= 15 is 0 Å². The molecule has 10 aromatic rings. The van der Waals surface area contributed by atoms with Crippen LogP contribution in [0.2, 0.25) is 0 Å². The summed E-state index contributed by atoms with van der Waals surface area (Å²) in [4.78, 5) is 0. The minimum atomic E-state index is -0.0803. The summed E-state index contributed by atoms with van der Waals surface area (Å²) in [5, 5.41) is 15.9. The summed E-state index contributed by atoms with van der Waals surface area (Å²) in [7, 11) is 0. The molecule has 11 rings (SSSR count). The summed E-state index contributed by atoms with van der Waals surface area (Å²) >= 11 is 0. The normalized spacial score (nSPS) is 13.7. The first-order chi connectivity index (χ1) is 24.0. The van der Waals surface area contributed by atoms with Gasteiger partial charge >= 0.3 is 0 Å². The van der Waals surface area contributed by atoms with Crippen molar-refractivity contribution < 1.29 is 0 Å². The fourth-order valence-electron chi connectivity index (χ4n) is 9.16. The van der Waals surface area contributed by atoms with Crippen LogP contribution >= 0.6 is 0 Å². The molecule has 228 valence electrons. The fourth-order valence-corrected chi connectivity index (χ4v) is 9.16. The lowest BCUT2D eigenvalue weighted by Gasteiger charge is -2.22. The van der Waals surface area contributed by atoms with Crippen molar-refractivity contribution >= 4 is 64.6 Å². The molecule has 0 fully saturated rings. The standard InChI is InChI=1S/C49H32/c1-49(2)45-25-22-34(26-43(45)44-27-41-38-12-5-3-10-36(38)37-11-4-6-13-39(37)42(41)28-46(44)49)29-14-16-30(17-15-29)35-23-20-33-19-18-31-8-7-9-32-21-24-40(35)48(33)47(31)32/h3-28H,1-2H3. The molecule has 0 aromatic heterocycles. The van der Waals surface area contributed by atoms with Gasteiger partial charge in [0, 0.05) is 5.41 Å². The molecule has 0 saturated carbocycles. The van der Waals surface area contributed by atoms with Crippen molar-refractivity contribution in [2.45, 2.75) is 19.3 Å². The highest BCUT2D eigenvalue weighted by Gasteiger charge is 2.36. The van der Waals surface area contributed by atoms with Crippen LogP contribution < -0.4 is 0 Å². The molecular weight excluding hydrogens is 589 g/mol. The van der Waals surface area contributed by atoms with Gasteiger partial charge in [0.05, 0.1) is 0 Å². The Morgan fingerprint density at radius 1 is 0.306 bits per heavy atom. The summed E-state index contributed by atoms with van der Waals surface area (Å²) in [6, 6.07) is 59.4. The molecule has 0 unspecified atom stereocenters. The van der Waals surface area contributed by atoms with E-state index in [9.17, 15) is 0 Å². The Hall–Kier alpha value is -5.98. The van der Waals surface area contributed by atoms with Crippen molar-refractivity contribution in [3.63, 3.8) is 0 Å². The minimum absolute atomic E-state index is 0.0803. The highest BCUT2D eigenvalue weighted by molar-refractivity contribution is 6.27. The largest absolute Gasteiger partial charge is 0.0616 e. The van der Waals surface area contributed by atoms with Crippen molar-refractivity contribution in [3.8, 4) is 33.4 Å². The predicted molar refractivity (Wildman–Crippen MR) is 211 cm³/mol. The molecule has 0 N–H and O–H groups in total. The zero-order valence-corrected chi connectivity index (χ0v) is 27.5. The van der Waals surface area contributed by atoms with Gasteiger partial charge in [-0.25, -0.2) is 0 Å². The van der Waals surface area contributed by atoms with Crippen LogP contribution in [-0.4, -0.2) is 0 Å². The van der Waals surface area contributed by atoms with Gasteiger partial charge in [-0.15, -0.1) is 0 Å². The molecule has 0 nitrogen and oxygen atoms in total. The number of benzene rings is 10.